The number of amides is 1. The molecule has 17 heavy (non-hydrogen) atoms. The van der Waals surface area contributed by atoms with Crippen LogP contribution in [0.4, 0.5) is 0 Å². The van der Waals surface area contributed by atoms with Crippen LogP contribution in [0.1, 0.15) is 29.6 Å². The summed E-state index contributed by atoms with van der Waals surface area (Å²) in [7, 11) is 2.16. The number of benzene rings is 1. The quantitative estimate of drug-likeness (QED) is 0.855. The molecule has 3 heteroatoms. The lowest BCUT2D eigenvalue weighted by Crippen LogP contribution is -2.31. The molecule has 0 aliphatic carbocycles. The van der Waals surface area contributed by atoms with E-state index in [4.69, 9.17) is 0 Å². The van der Waals surface area contributed by atoms with Crippen LogP contribution in [-0.4, -0.2) is 37.0 Å². The first-order valence-corrected chi connectivity index (χ1v) is 6.22. The molecule has 1 heterocycles. The fourth-order valence-corrected chi connectivity index (χ4v) is 2.34. The molecule has 1 fully saturated rings. The molecular formula is C14H19N2O. The summed E-state index contributed by atoms with van der Waals surface area (Å²) in [5, 5.41) is 2.97. The molecule has 0 bridgehead atoms. The van der Waals surface area contributed by atoms with Crippen molar-refractivity contribution < 1.29 is 4.79 Å². The summed E-state index contributed by atoms with van der Waals surface area (Å²) in [5.41, 5.74) is 0.712. The Kier molecular flexibility index (Phi) is 4.15. The molecule has 1 saturated heterocycles. The second-order valence-electron chi connectivity index (χ2n) is 4.61. The highest BCUT2D eigenvalue weighted by atomic mass is 16.1. The molecule has 1 aliphatic heterocycles. The van der Waals surface area contributed by atoms with Crippen molar-refractivity contribution >= 4 is 5.91 Å². The van der Waals surface area contributed by atoms with Gasteiger partial charge in [0.2, 0.25) is 0 Å². The minimum absolute atomic E-state index is 0.0136. The van der Waals surface area contributed by atoms with Gasteiger partial charge < -0.3 is 10.2 Å². The topological polar surface area (TPSA) is 32.3 Å². The lowest BCUT2D eigenvalue weighted by molar-refractivity contribution is 0.0950. The molecule has 91 valence electrons. The molecule has 0 spiro atoms. The van der Waals surface area contributed by atoms with Gasteiger partial charge in [0.05, 0.1) is 0 Å². The number of nitrogens with one attached hydrogen (secondary N) is 1. The van der Waals surface area contributed by atoms with E-state index >= 15 is 0 Å². The second kappa shape index (κ2) is 5.82. The van der Waals surface area contributed by atoms with Crippen molar-refractivity contribution in [1.82, 2.24) is 10.2 Å². The Morgan fingerprint density at radius 1 is 1.53 bits per heavy atom. The van der Waals surface area contributed by atoms with E-state index in [1.54, 1.807) is 24.3 Å². The van der Waals surface area contributed by atoms with Gasteiger partial charge in [-0.15, -0.1) is 0 Å². The zero-order valence-corrected chi connectivity index (χ0v) is 10.3. The fraction of sp³-hybridized carbons (Fsp3) is 0.500. The Labute approximate surface area is 103 Å². The Hall–Kier alpha value is -1.35. The maximum Gasteiger partial charge on any atom is 0.251 e. The van der Waals surface area contributed by atoms with E-state index in [9.17, 15) is 4.79 Å². The van der Waals surface area contributed by atoms with Crippen molar-refractivity contribution in [2.45, 2.75) is 25.3 Å². The molecule has 1 unspecified atom stereocenters. The number of likely N-dealkylation sites (tertiary alicyclic amines) is 1. The van der Waals surface area contributed by atoms with Gasteiger partial charge in [-0.05, 0) is 51.1 Å². The van der Waals surface area contributed by atoms with Crippen molar-refractivity contribution in [3.05, 3.63) is 35.9 Å². The fourth-order valence-electron chi connectivity index (χ4n) is 2.34. The van der Waals surface area contributed by atoms with E-state index in [-0.39, 0.29) is 5.91 Å². The predicted octanol–water partition coefficient (Wildman–Crippen LogP) is 1.70. The molecule has 3 nitrogen and oxygen atoms in total. The maximum atomic E-state index is 11.8. The summed E-state index contributed by atoms with van der Waals surface area (Å²) in [6.07, 6.45) is 3.58. The van der Waals surface area contributed by atoms with Gasteiger partial charge in [-0.1, -0.05) is 12.1 Å². The van der Waals surface area contributed by atoms with E-state index in [1.807, 2.05) is 0 Å². The van der Waals surface area contributed by atoms with Crippen LogP contribution in [0.2, 0.25) is 0 Å². The summed E-state index contributed by atoms with van der Waals surface area (Å²) in [6.45, 7) is 1.94. The SMILES string of the molecule is CN1CCCC1CCNC(=O)c1cc[c]cc1. The van der Waals surface area contributed by atoms with Gasteiger partial charge in [0.1, 0.15) is 0 Å². The van der Waals surface area contributed by atoms with Crippen LogP contribution < -0.4 is 5.32 Å². The highest BCUT2D eigenvalue weighted by Crippen LogP contribution is 2.16. The first-order chi connectivity index (χ1) is 8.27. The Morgan fingerprint density at radius 2 is 2.29 bits per heavy atom. The van der Waals surface area contributed by atoms with E-state index in [0.717, 1.165) is 13.0 Å². The average Bonchev–Trinajstić information content (AvgIpc) is 2.76. The molecular weight excluding hydrogens is 212 g/mol. The highest BCUT2D eigenvalue weighted by Gasteiger charge is 2.20. The molecule has 0 aromatic heterocycles. The van der Waals surface area contributed by atoms with Gasteiger partial charge in [0, 0.05) is 18.2 Å². The normalized spacial score (nSPS) is 20.4. The van der Waals surface area contributed by atoms with Gasteiger partial charge in [0.15, 0.2) is 0 Å². The molecule has 1 amide bonds. The molecule has 1 aromatic rings. The first kappa shape index (κ1) is 12.1. The standard InChI is InChI=1S/C14H19N2O/c1-16-11-5-8-13(16)9-10-15-14(17)12-6-3-2-4-7-12/h3-4,6-7,13H,5,8-11H2,1H3,(H,15,17). The zero-order valence-electron chi connectivity index (χ0n) is 10.3. The van der Waals surface area contributed by atoms with Crippen molar-refractivity contribution in [2.75, 3.05) is 20.1 Å². The summed E-state index contributed by atoms with van der Waals surface area (Å²) >= 11 is 0. The predicted molar refractivity (Wildman–Crippen MR) is 67.9 cm³/mol. The van der Waals surface area contributed by atoms with Gasteiger partial charge in [-0.25, -0.2) is 0 Å². The number of carbonyl (C=O) groups excluding carboxylic acids is 1. The maximum absolute atomic E-state index is 11.8. The molecule has 0 saturated carbocycles. The number of hydrogen-bond donors (Lipinski definition) is 1. The lowest BCUT2D eigenvalue weighted by atomic mass is 10.1. The van der Waals surface area contributed by atoms with E-state index in [0.29, 0.717) is 11.6 Å². The molecule has 1 aromatic carbocycles. The van der Waals surface area contributed by atoms with Crippen LogP contribution in [0, 0.1) is 6.07 Å². The Morgan fingerprint density at radius 3 is 2.94 bits per heavy atom. The largest absolute Gasteiger partial charge is 0.352 e. The monoisotopic (exact) mass is 231 g/mol. The van der Waals surface area contributed by atoms with Crippen LogP contribution in [0.5, 0.6) is 0 Å². The zero-order chi connectivity index (χ0) is 12.1. The highest BCUT2D eigenvalue weighted by molar-refractivity contribution is 5.94. The lowest BCUT2D eigenvalue weighted by Gasteiger charge is -2.19. The first-order valence-electron chi connectivity index (χ1n) is 6.22. The third kappa shape index (κ3) is 3.30. The molecule has 1 atom stereocenters. The smallest absolute Gasteiger partial charge is 0.251 e. The summed E-state index contributed by atoms with van der Waals surface area (Å²) in [6, 6.07) is 10.7. The summed E-state index contributed by atoms with van der Waals surface area (Å²) in [5.74, 6) is 0.0136. The van der Waals surface area contributed by atoms with E-state index < -0.39 is 0 Å². The van der Waals surface area contributed by atoms with Crippen LogP contribution >= 0.6 is 0 Å². The summed E-state index contributed by atoms with van der Waals surface area (Å²) < 4.78 is 0. The third-order valence-corrected chi connectivity index (χ3v) is 3.42. The molecule has 2 rings (SSSR count). The van der Waals surface area contributed by atoms with Crippen LogP contribution in [-0.2, 0) is 0 Å². The average molecular weight is 231 g/mol. The van der Waals surface area contributed by atoms with Crippen molar-refractivity contribution in [2.24, 2.45) is 0 Å². The van der Waals surface area contributed by atoms with Crippen molar-refractivity contribution in [3.63, 3.8) is 0 Å². The van der Waals surface area contributed by atoms with Crippen LogP contribution in [0.3, 0.4) is 0 Å². The number of hydrogen-bond acceptors (Lipinski definition) is 2. The van der Waals surface area contributed by atoms with Gasteiger partial charge in [0.25, 0.3) is 5.91 Å². The number of rotatable bonds is 4. The van der Waals surface area contributed by atoms with E-state index in [1.165, 1.54) is 19.4 Å². The number of carbonyl (C=O) groups is 1. The van der Waals surface area contributed by atoms with Crippen molar-refractivity contribution in [1.29, 1.82) is 0 Å². The van der Waals surface area contributed by atoms with E-state index in [2.05, 4.69) is 23.3 Å². The van der Waals surface area contributed by atoms with Crippen LogP contribution in [0.25, 0.3) is 0 Å². The van der Waals surface area contributed by atoms with Crippen LogP contribution in [0.15, 0.2) is 24.3 Å². The van der Waals surface area contributed by atoms with Gasteiger partial charge in [-0.3, -0.25) is 4.79 Å². The third-order valence-electron chi connectivity index (χ3n) is 3.42. The molecule has 1 radical (unpaired) electrons. The summed E-state index contributed by atoms with van der Waals surface area (Å²) in [4.78, 5) is 14.1. The van der Waals surface area contributed by atoms with Gasteiger partial charge >= 0.3 is 0 Å². The van der Waals surface area contributed by atoms with Crippen molar-refractivity contribution in [3.8, 4) is 0 Å². The second-order valence-corrected chi connectivity index (χ2v) is 4.61. The Balaban J connectivity index is 1.74. The minimum Gasteiger partial charge on any atom is -0.352 e. The molecule has 1 aliphatic rings. The minimum atomic E-state index is 0.0136. The van der Waals surface area contributed by atoms with Gasteiger partial charge in [-0.2, -0.15) is 0 Å². The Bertz CT molecular complexity index is 364. The number of nitrogens with zero attached hydrogens (tertiary/aromatic N) is 1. The molecule has 1 N–H and O–H groups in total.